The van der Waals surface area contributed by atoms with E-state index in [0.29, 0.717) is 5.92 Å². The van der Waals surface area contributed by atoms with Crippen molar-refractivity contribution in [1.82, 2.24) is 4.57 Å². The lowest BCUT2D eigenvalue weighted by molar-refractivity contribution is 0.800. The molecule has 0 aliphatic rings. The number of rotatable bonds is 3. The van der Waals surface area contributed by atoms with Crippen molar-refractivity contribution in [3.63, 3.8) is 0 Å². The van der Waals surface area contributed by atoms with Crippen LogP contribution in [0.4, 0.5) is 0 Å². The van der Waals surface area contributed by atoms with Crippen LogP contribution >= 0.6 is 0 Å². The predicted octanol–water partition coefficient (Wildman–Crippen LogP) is 3.36. The quantitative estimate of drug-likeness (QED) is 0.640. The van der Waals surface area contributed by atoms with Gasteiger partial charge in [-0.1, -0.05) is 27.0 Å². The molecule has 0 amide bonds. The Morgan fingerprint density at radius 3 is 2.42 bits per heavy atom. The average Bonchev–Trinajstić information content (AvgIpc) is 2.46. The summed E-state index contributed by atoms with van der Waals surface area (Å²) in [7, 11) is 0. The Morgan fingerprint density at radius 2 is 2.00 bits per heavy atom. The van der Waals surface area contributed by atoms with Crippen LogP contribution in [0.3, 0.4) is 0 Å². The first-order valence-electron chi connectivity index (χ1n) is 4.16. The van der Waals surface area contributed by atoms with Crippen LogP contribution in [-0.4, -0.2) is 4.57 Å². The normalized spacial score (nSPS) is 10.2. The molecular weight excluding hydrogens is 146 g/mol. The fourth-order valence-corrected chi connectivity index (χ4v) is 1.33. The highest BCUT2D eigenvalue weighted by Crippen LogP contribution is 2.19. The summed E-state index contributed by atoms with van der Waals surface area (Å²) in [5.41, 5.74) is 2.38. The molecule has 1 heteroatoms. The molecule has 1 aromatic rings. The van der Waals surface area contributed by atoms with Crippen molar-refractivity contribution >= 4 is 12.3 Å². The molecule has 0 N–H and O–H groups in total. The molecule has 0 saturated heterocycles. The smallest absolute Gasteiger partial charge is 0.0446 e. The Kier molecular flexibility index (Phi) is 2.54. The standard InChI is InChI=1S/C11H15N/c1-5-10-7-8-11(9(3)4)12(10)6-2/h5-9H,1-2H2,3-4H3. The van der Waals surface area contributed by atoms with Crippen LogP contribution in [0.25, 0.3) is 12.3 Å². The minimum Gasteiger partial charge on any atom is -0.321 e. The van der Waals surface area contributed by atoms with E-state index in [0.717, 1.165) is 5.69 Å². The summed E-state index contributed by atoms with van der Waals surface area (Å²) in [6, 6.07) is 4.17. The summed E-state index contributed by atoms with van der Waals surface area (Å²) in [5, 5.41) is 0. The largest absolute Gasteiger partial charge is 0.321 e. The Morgan fingerprint density at radius 1 is 1.33 bits per heavy atom. The zero-order chi connectivity index (χ0) is 9.14. The molecule has 0 atom stereocenters. The molecule has 12 heavy (non-hydrogen) atoms. The van der Waals surface area contributed by atoms with Gasteiger partial charge in [-0.05, 0) is 24.1 Å². The first-order chi connectivity index (χ1) is 5.70. The van der Waals surface area contributed by atoms with Crippen LogP contribution in [0.15, 0.2) is 25.3 Å². The summed E-state index contributed by atoms with van der Waals surface area (Å²) in [6.07, 6.45) is 3.67. The maximum absolute atomic E-state index is 3.77. The third-order valence-corrected chi connectivity index (χ3v) is 1.96. The lowest BCUT2D eigenvalue weighted by atomic mass is 10.1. The van der Waals surface area contributed by atoms with Crippen molar-refractivity contribution < 1.29 is 0 Å². The van der Waals surface area contributed by atoms with Crippen LogP contribution in [0.1, 0.15) is 31.2 Å². The van der Waals surface area contributed by atoms with E-state index < -0.39 is 0 Å². The summed E-state index contributed by atoms with van der Waals surface area (Å²) < 4.78 is 2.07. The lowest BCUT2D eigenvalue weighted by Gasteiger charge is -2.08. The number of hydrogen-bond donors (Lipinski definition) is 0. The van der Waals surface area contributed by atoms with Crippen molar-refractivity contribution in [1.29, 1.82) is 0 Å². The van der Waals surface area contributed by atoms with Gasteiger partial charge < -0.3 is 4.57 Å². The second-order valence-corrected chi connectivity index (χ2v) is 3.09. The van der Waals surface area contributed by atoms with E-state index in [2.05, 4.69) is 43.7 Å². The second-order valence-electron chi connectivity index (χ2n) is 3.09. The topological polar surface area (TPSA) is 4.93 Å². The van der Waals surface area contributed by atoms with E-state index in [1.165, 1.54) is 5.69 Å². The van der Waals surface area contributed by atoms with Gasteiger partial charge in [0.05, 0.1) is 0 Å². The molecule has 0 saturated carbocycles. The first-order valence-corrected chi connectivity index (χ1v) is 4.16. The van der Waals surface area contributed by atoms with Gasteiger partial charge in [0.25, 0.3) is 0 Å². The molecule has 1 nitrogen and oxygen atoms in total. The van der Waals surface area contributed by atoms with Crippen molar-refractivity contribution in [3.8, 4) is 0 Å². The molecular formula is C11H15N. The molecule has 1 rings (SSSR count). The Balaban J connectivity index is 3.22. The van der Waals surface area contributed by atoms with E-state index in [9.17, 15) is 0 Å². The summed E-state index contributed by atoms with van der Waals surface area (Å²) in [5.74, 6) is 0.525. The van der Waals surface area contributed by atoms with Crippen LogP contribution in [0.5, 0.6) is 0 Å². The van der Waals surface area contributed by atoms with E-state index in [1.807, 2.05) is 12.3 Å². The van der Waals surface area contributed by atoms with Crippen LogP contribution in [-0.2, 0) is 0 Å². The molecule has 1 heterocycles. The zero-order valence-corrected chi connectivity index (χ0v) is 7.75. The molecule has 0 spiro atoms. The zero-order valence-electron chi connectivity index (χ0n) is 7.75. The molecule has 0 aromatic carbocycles. The third-order valence-electron chi connectivity index (χ3n) is 1.96. The Bertz CT molecular complexity index is 292. The number of nitrogens with zero attached hydrogens (tertiary/aromatic N) is 1. The van der Waals surface area contributed by atoms with Gasteiger partial charge in [-0.2, -0.15) is 0 Å². The molecule has 0 bridgehead atoms. The van der Waals surface area contributed by atoms with E-state index in [-0.39, 0.29) is 0 Å². The molecule has 0 aliphatic heterocycles. The molecule has 0 aliphatic carbocycles. The Hall–Kier alpha value is -1.24. The SMILES string of the molecule is C=Cc1ccc(C(C)C)n1C=C. The molecule has 0 radical (unpaired) electrons. The number of hydrogen-bond acceptors (Lipinski definition) is 0. The second kappa shape index (κ2) is 3.44. The van der Waals surface area contributed by atoms with Gasteiger partial charge in [0.15, 0.2) is 0 Å². The van der Waals surface area contributed by atoms with Gasteiger partial charge in [-0.3, -0.25) is 0 Å². The minimum atomic E-state index is 0.525. The van der Waals surface area contributed by atoms with Crippen molar-refractivity contribution in [3.05, 3.63) is 36.7 Å². The first kappa shape index (κ1) is 8.85. The van der Waals surface area contributed by atoms with Crippen molar-refractivity contribution in [2.75, 3.05) is 0 Å². The highest BCUT2D eigenvalue weighted by molar-refractivity contribution is 5.49. The third kappa shape index (κ3) is 1.35. The fraction of sp³-hybridized carbons (Fsp3) is 0.273. The minimum absolute atomic E-state index is 0.525. The summed E-state index contributed by atoms with van der Waals surface area (Å²) >= 11 is 0. The summed E-state index contributed by atoms with van der Waals surface area (Å²) in [6.45, 7) is 11.9. The average molecular weight is 161 g/mol. The maximum atomic E-state index is 3.77. The molecule has 1 aromatic heterocycles. The van der Waals surface area contributed by atoms with E-state index in [4.69, 9.17) is 0 Å². The lowest BCUT2D eigenvalue weighted by Crippen LogP contribution is -1.97. The Labute approximate surface area is 74.0 Å². The predicted molar refractivity (Wildman–Crippen MR) is 55.0 cm³/mol. The van der Waals surface area contributed by atoms with E-state index in [1.54, 1.807) is 0 Å². The monoisotopic (exact) mass is 161 g/mol. The molecule has 64 valence electrons. The highest BCUT2D eigenvalue weighted by atomic mass is 15.0. The van der Waals surface area contributed by atoms with Gasteiger partial charge >= 0.3 is 0 Å². The highest BCUT2D eigenvalue weighted by Gasteiger charge is 2.05. The van der Waals surface area contributed by atoms with Crippen LogP contribution in [0, 0.1) is 0 Å². The fourth-order valence-electron chi connectivity index (χ4n) is 1.33. The van der Waals surface area contributed by atoms with Gasteiger partial charge in [0.1, 0.15) is 0 Å². The number of aromatic nitrogens is 1. The van der Waals surface area contributed by atoms with Gasteiger partial charge in [0, 0.05) is 17.6 Å². The van der Waals surface area contributed by atoms with Crippen LogP contribution in [0.2, 0.25) is 0 Å². The van der Waals surface area contributed by atoms with Crippen LogP contribution < -0.4 is 0 Å². The maximum Gasteiger partial charge on any atom is 0.0446 e. The van der Waals surface area contributed by atoms with Crippen molar-refractivity contribution in [2.24, 2.45) is 0 Å². The van der Waals surface area contributed by atoms with Crippen molar-refractivity contribution in [2.45, 2.75) is 19.8 Å². The molecule has 0 unspecified atom stereocenters. The van der Waals surface area contributed by atoms with Gasteiger partial charge in [-0.25, -0.2) is 0 Å². The molecule has 0 fully saturated rings. The summed E-state index contributed by atoms with van der Waals surface area (Å²) in [4.78, 5) is 0. The van der Waals surface area contributed by atoms with E-state index >= 15 is 0 Å². The van der Waals surface area contributed by atoms with Gasteiger partial charge in [0.2, 0.25) is 0 Å². The van der Waals surface area contributed by atoms with Gasteiger partial charge in [-0.15, -0.1) is 0 Å².